The van der Waals surface area contributed by atoms with E-state index in [0.717, 1.165) is 5.56 Å². The van der Waals surface area contributed by atoms with Crippen LogP contribution in [-0.4, -0.2) is 37.7 Å². The van der Waals surface area contributed by atoms with Gasteiger partial charge in [0.25, 0.3) is 0 Å². The van der Waals surface area contributed by atoms with Crippen LogP contribution < -0.4 is 10.2 Å². The standard InChI is InChI=1S/C15H17N3O4/c1-15(21-8-9-22-15)10-14(19)18-17-11-12-2-4-13(5-3-12)20-7-6-16/h2-5,11H,7-10H2,1H3,(H,18,19)/b17-11+. The van der Waals surface area contributed by atoms with E-state index in [0.29, 0.717) is 19.0 Å². The summed E-state index contributed by atoms with van der Waals surface area (Å²) >= 11 is 0. The van der Waals surface area contributed by atoms with Gasteiger partial charge in [0.15, 0.2) is 12.4 Å². The number of nitrogens with one attached hydrogen (secondary N) is 1. The summed E-state index contributed by atoms with van der Waals surface area (Å²) in [4.78, 5) is 11.7. The third-order valence-corrected chi connectivity index (χ3v) is 2.97. The molecule has 0 bridgehead atoms. The lowest BCUT2D eigenvalue weighted by atomic mass is 10.2. The molecule has 0 unspecified atom stereocenters. The second kappa shape index (κ2) is 7.54. The van der Waals surface area contributed by atoms with Crippen LogP contribution in [-0.2, 0) is 14.3 Å². The molecule has 0 atom stereocenters. The van der Waals surface area contributed by atoms with Crippen molar-refractivity contribution in [2.75, 3.05) is 19.8 Å². The number of nitrogens with zero attached hydrogens (tertiary/aromatic N) is 2. The largest absolute Gasteiger partial charge is 0.479 e. The van der Waals surface area contributed by atoms with Crippen LogP contribution in [0.5, 0.6) is 5.75 Å². The Bertz CT molecular complexity index is 571. The highest BCUT2D eigenvalue weighted by Crippen LogP contribution is 2.22. The highest BCUT2D eigenvalue weighted by Gasteiger charge is 2.33. The minimum atomic E-state index is -0.862. The summed E-state index contributed by atoms with van der Waals surface area (Å²) in [6, 6.07) is 8.88. The molecule has 1 N–H and O–H groups in total. The summed E-state index contributed by atoms with van der Waals surface area (Å²) in [6.07, 6.45) is 1.61. The van der Waals surface area contributed by atoms with Gasteiger partial charge in [-0.3, -0.25) is 4.79 Å². The Balaban J connectivity index is 1.79. The topological polar surface area (TPSA) is 92.9 Å². The van der Waals surface area contributed by atoms with E-state index in [1.807, 2.05) is 6.07 Å². The van der Waals surface area contributed by atoms with E-state index in [2.05, 4.69) is 10.5 Å². The van der Waals surface area contributed by atoms with Gasteiger partial charge in [0, 0.05) is 0 Å². The van der Waals surface area contributed by atoms with E-state index >= 15 is 0 Å². The number of amides is 1. The highest BCUT2D eigenvalue weighted by atomic mass is 16.7. The lowest BCUT2D eigenvalue weighted by Gasteiger charge is -2.20. The molecule has 116 valence electrons. The number of nitriles is 1. The number of hydrazone groups is 1. The third-order valence-electron chi connectivity index (χ3n) is 2.97. The van der Waals surface area contributed by atoms with Crippen LogP contribution in [0.15, 0.2) is 29.4 Å². The summed E-state index contributed by atoms with van der Waals surface area (Å²) < 4.78 is 15.8. The smallest absolute Gasteiger partial charge is 0.245 e. The Labute approximate surface area is 128 Å². The van der Waals surface area contributed by atoms with Crippen LogP contribution >= 0.6 is 0 Å². The third kappa shape index (κ3) is 4.84. The first-order valence-electron chi connectivity index (χ1n) is 6.81. The zero-order valence-electron chi connectivity index (χ0n) is 12.2. The molecular formula is C15H17N3O4. The Morgan fingerprint density at radius 1 is 1.45 bits per heavy atom. The molecule has 2 rings (SSSR count). The fourth-order valence-electron chi connectivity index (χ4n) is 1.93. The summed E-state index contributed by atoms with van der Waals surface area (Å²) in [6.45, 7) is 2.72. The molecule has 0 spiro atoms. The molecule has 1 fully saturated rings. The molecular weight excluding hydrogens is 286 g/mol. The molecule has 1 amide bonds. The molecule has 0 aromatic heterocycles. The fraction of sp³-hybridized carbons (Fsp3) is 0.400. The molecule has 1 aromatic carbocycles. The van der Waals surface area contributed by atoms with Gasteiger partial charge >= 0.3 is 0 Å². The Hall–Kier alpha value is -2.43. The SMILES string of the molecule is CC1(CC(=O)N/N=C/c2ccc(OCC#N)cc2)OCCO1. The number of carbonyl (C=O) groups is 1. The Morgan fingerprint density at radius 2 is 2.14 bits per heavy atom. The quantitative estimate of drug-likeness (QED) is 0.629. The number of rotatable bonds is 6. The van der Waals surface area contributed by atoms with Crippen LogP contribution in [0.1, 0.15) is 18.9 Å². The molecule has 0 aliphatic carbocycles. The van der Waals surface area contributed by atoms with E-state index < -0.39 is 5.79 Å². The summed E-state index contributed by atoms with van der Waals surface area (Å²) in [7, 11) is 0. The van der Waals surface area contributed by atoms with Crippen molar-refractivity contribution < 1.29 is 19.0 Å². The predicted octanol–water partition coefficient (Wildman–Crippen LogP) is 1.19. The van der Waals surface area contributed by atoms with Gasteiger partial charge in [0.2, 0.25) is 5.91 Å². The van der Waals surface area contributed by atoms with Crippen molar-refractivity contribution in [3.05, 3.63) is 29.8 Å². The van der Waals surface area contributed by atoms with Gasteiger partial charge in [-0.15, -0.1) is 0 Å². The second-order valence-electron chi connectivity index (χ2n) is 4.82. The molecule has 1 heterocycles. The first kappa shape index (κ1) is 15.9. The van der Waals surface area contributed by atoms with Crippen molar-refractivity contribution in [3.8, 4) is 11.8 Å². The lowest BCUT2D eigenvalue weighted by Crippen LogP contribution is -2.33. The average Bonchev–Trinajstić information content (AvgIpc) is 2.92. The summed E-state index contributed by atoms with van der Waals surface area (Å²) in [5.74, 6) is -0.542. The molecule has 1 aliphatic rings. The van der Waals surface area contributed by atoms with Gasteiger partial charge in [-0.1, -0.05) is 0 Å². The van der Waals surface area contributed by atoms with Gasteiger partial charge in [-0.2, -0.15) is 10.4 Å². The predicted molar refractivity (Wildman–Crippen MR) is 78.2 cm³/mol. The van der Waals surface area contributed by atoms with Crippen molar-refractivity contribution >= 4 is 12.1 Å². The van der Waals surface area contributed by atoms with Gasteiger partial charge in [0.05, 0.1) is 25.8 Å². The molecule has 1 saturated heterocycles. The van der Waals surface area contributed by atoms with Crippen molar-refractivity contribution in [1.29, 1.82) is 5.26 Å². The van der Waals surface area contributed by atoms with E-state index in [9.17, 15) is 4.79 Å². The van der Waals surface area contributed by atoms with Crippen LogP contribution in [0, 0.1) is 11.3 Å². The second-order valence-corrected chi connectivity index (χ2v) is 4.82. The number of carbonyl (C=O) groups excluding carboxylic acids is 1. The fourth-order valence-corrected chi connectivity index (χ4v) is 1.93. The monoisotopic (exact) mass is 303 g/mol. The molecule has 1 aliphatic heterocycles. The maximum atomic E-state index is 11.7. The summed E-state index contributed by atoms with van der Waals surface area (Å²) in [5, 5.41) is 12.3. The van der Waals surface area contributed by atoms with Gasteiger partial charge in [-0.05, 0) is 36.8 Å². The first-order valence-corrected chi connectivity index (χ1v) is 6.81. The number of hydrogen-bond donors (Lipinski definition) is 1. The van der Waals surface area contributed by atoms with Crippen LogP contribution in [0.3, 0.4) is 0 Å². The van der Waals surface area contributed by atoms with Crippen molar-refractivity contribution in [1.82, 2.24) is 5.43 Å². The molecule has 22 heavy (non-hydrogen) atoms. The van der Waals surface area contributed by atoms with Gasteiger partial charge < -0.3 is 14.2 Å². The van der Waals surface area contributed by atoms with E-state index in [1.165, 1.54) is 6.21 Å². The molecule has 7 nitrogen and oxygen atoms in total. The molecule has 7 heteroatoms. The number of benzene rings is 1. The maximum absolute atomic E-state index is 11.7. The van der Waals surface area contributed by atoms with Crippen LogP contribution in [0.2, 0.25) is 0 Å². The van der Waals surface area contributed by atoms with Crippen LogP contribution in [0.4, 0.5) is 0 Å². The average molecular weight is 303 g/mol. The Morgan fingerprint density at radius 3 is 2.77 bits per heavy atom. The number of ether oxygens (including phenoxy) is 3. The van der Waals surface area contributed by atoms with E-state index in [4.69, 9.17) is 19.5 Å². The number of hydrogen-bond acceptors (Lipinski definition) is 6. The van der Waals surface area contributed by atoms with Crippen molar-refractivity contribution in [3.63, 3.8) is 0 Å². The zero-order valence-corrected chi connectivity index (χ0v) is 12.2. The first-order chi connectivity index (χ1) is 10.6. The van der Waals surface area contributed by atoms with Gasteiger partial charge in [0.1, 0.15) is 11.8 Å². The van der Waals surface area contributed by atoms with Crippen molar-refractivity contribution in [2.24, 2.45) is 5.10 Å². The molecule has 0 saturated carbocycles. The van der Waals surface area contributed by atoms with Gasteiger partial charge in [-0.25, -0.2) is 5.43 Å². The molecule has 1 aromatic rings. The summed E-state index contributed by atoms with van der Waals surface area (Å²) in [5.41, 5.74) is 3.22. The maximum Gasteiger partial charge on any atom is 0.245 e. The highest BCUT2D eigenvalue weighted by molar-refractivity contribution is 5.82. The van der Waals surface area contributed by atoms with Crippen LogP contribution in [0.25, 0.3) is 0 Å². The minimum absolute atomic E-state index is 0.00635. The lowest BCUT2D eigenvalue weighted by molar-refractivity contribution is -0.159. The van der Waals surface area contributed by atoms with E-state index in [1.54, 1.807) is 31.2 Å². The van der Waals surface area contributed by atoms with Crippen molar-refractivity contribution in [2.45, 2.75) is 19.1 Å². The zero-order chi connectivity index (χ0) is 15.8. The van der Waals surface area contributed by atoms with E-state index in [-0.39, 0.29) is 18.9 Å². The Kier molecular flexibility index (Phi) is 5.47. The normalized spacial score (nSPS) is 16.4. The molecule has 0 radical (unpaired) electrons. The minimum Gasteiger partial charge on any atom is -0.479 e.